The molecule has 17 heteroatoms. The molecule has 0 aromatic rings. The van der Waals surface area contributed by atoms with Gasteiger partial charge in [0, 0.05) is 0 Å². The van der Waals surface area contributed by atoms with Crippen LogP contribution in [0.2, 0.25) is 0 Å². The maximum atomic E-state index is 11.4. The van der Waals surface area contributed by atoms with Crippen molar-refractivity contribution in [1.29, 1.82) is 0 Å². The fourth-order valence-corrected chi connectivity index (χ4v) is 8.00. The van der Waals surface area contributed by atoms with Crippen LogP contribution in [-0.2, 0) is 28.4 Å². The second kappa shape index (κ2) is 14.8. The molecule has 2 aliphatic carbocycles. The predicted octanol–water partition coefficient (Wildman–Crippen LogP) is -4.03. The van der Waals surface area contributed by atoms with Gasteiger partial charge in [-0.25, -0.2) is 0 Å². The summed E-state index contributed by atoms with van der Waals surface area (Å²) in [5.41, 5.74) is -2.77. The second-order valence-corrected chi connectivity index (χ2v) is 15.2. The Morgan fingerprint density at radius 2 is 1.47 bits per heavy atom. The number of hydrogen-bond acceptors (Lipinski definition) is 17. The molecule has 49 heavy (non-hydrogen) atoms. The molecule has 11 N–H and O–H groups in total. The van der Waals surface area contributed by atoms with Gasteiger partial charge in [-0.05, 0) is 62.4 Å². The van der Waals surface area contributed by atoms with Crippen LogP contribution in [0.15, 0.2) is 12.2 Å². The molecule has 5 rings (SSSR count). The molecule has 0 spiro atoms. The first-order valence-corrected chi connectivity index (χ1v) is 16.8. The van der Waals surface area contributed by atoms with Crippen molar-refractivity contribution < 1.29 is 84.6 Å². The summed E-state index contributed by atoms with van der Waals surface area (Å²) in [6.45, 7) is 7.68. The lowest BCUT2D eigenvalue weighted by Crippen LogP contribution is -2.62. The third-order valence-electron chi connectivity index (χ3n) is 11.5. The minimum atomic E-state index is -1.93. The predicted molar refractivity (Wildman–Crippen MR) is 163 cm³/mol. The van der Waals surface area contributed by atoms with Crippen molar-refractivity contribution in [2.24, 2.45) is 17.3 Å². The summed E-state index contributed by atoms with van der Waals surface area (Å²) in [5, 5.41) is 114. The molecule has 284 valence electrons. The van der Waals surface area contributed by atoms with Crippen LogP contribution in [0.1, 0.15) is 46.5 Å². The van der Waals surface area contributed by atoms with Crippen molar-refractivity contribution in [2.75, 3.05) is 26.4 Å². The Kier molecular flexibility index (Phi) is 11.9. The Hall–Kier alpha value is -0.940. The maximum absolute atomic E-state index is 11.4. The summed E-state index contributed by atoms with van der Waals surface area (Å²) in [6, 6.07) is 0. The third-order valence-corrected chi connectivity index (χ3v) is 11.5. The molecule has 18 atom stereocenters. The Morgan fingerprint density at radius 3 is 2.08 bits per heavy atom. The number of aliphatic hydroxyl groups excluding tert-OH is 10. The standard InChI is InChI=1S/C32H54O17/c1-13-15-7-14(30(2,3)49-28-25(41)22(38)20(36)17(9-33)47-28)5-6-31(15,4)8-16(19(13)35)46-27-24(40)23(39)21(37)18(48-27)10-44-29-26(42)32(43,11-34)12-45-29/h14-29,33-43H,1,5-12H2,2-4H3/t14-,15+,16-,17-,18-,19-,20-,21-,22+,23+,24-,25-,26+,27-,28+,29-,31-,32-/m1/s1. The van der Waals surface area contributed by atoms with Crippen LogP contribution in [0.3, 0.4) is 0 Å². The molecule has 5 fully saturated rings. The summed E-state index contributed by atoms with van der Waals surface area (Å²) in [5.74, 6) is -0.309. The lowest BCUT2D eigenvalue weighted by atomic mass is 9.54. The fourth-order valence-electron chi connectivity index (χ4n) is 8.00. The Morgan fingerprint density at radius 1 is 0.857 bits per heavy atom. The van der Waals surface area contributed by atoms with Crippen molar-refractivity contribution in [3.8, 4) is 0 Å². The smallest absolute Gasteiger partial charge is 0.187 e. The average molecular weight is 711 g/mol. The number of rotatable bonds is 10. The molecule has 5 aliphatic rings. The van der Waals surface area contributed by atoms with Crippen molar-refractivity contribution >= 4 is 0 Å². The molecule has 0 amide bonds. The van der Waals surface area contributed by atoms with Crippen LogP contribution in [0, 0.1) is 17.3 Å². The van der Waals surface area contributed by atoms with Gasteiger partial charge in [0.1, 0.15) is 66.6 Å². The summed E-state index contributed by atoms with van der Waals surface area (Å²) >= 11 is 0. The molecule has 0 aromatic carbocycles. The fraction of sp³-hybridized carbons (Fsp3) is 0.938. The Bertz CT molecular complexity index is 1140. The van der Waals surface area contributed by atoms with E-state index in [4.69, 9.17) is 28.4 Å². The molecule has 3 heterocycles. The van der Waals surface area contributed by atoms with Crippen LogP contribution >= 0.6 is 0 Å². The zero-order chi connectivity index (χ0) is 36.2. The number of aliphatic hydroxyl groups is 11. The van der Waals surface area contributed by atoms with Crippen molar-refractivity contribution in [1.82, 2.24) is 0 Å². The monoisotopic (exact) mass is 710 g/mol. The molecule has 3 saturated heterocycles. The van der Waals surface area contributed by atoms with Gasteiger partial charge in [-0.2, -0.15) is 0 Å². The first-order valence-electron chi connectivity index (χ1n) is 16.8. The highest BCUT2D eigenvalue weighted by Gasteiger charge is 2.55. The Labute approximate surface area is 284 Å². The average Bonchev–Trinajstić information content (AvgIpc) is 3.35. The van der Waals surface area contributed by atoms with Gasteiger partial charge in [-0.15, -0.1) is 0 Å². The molecule has 0 unspecified atom stereocenters. The highest BCUT2D eigenvalue weighted by Crippen LogP contribution is 2.56. The minimum absolute atomic E-state index is 0.115. The molecule has 17 nitrogen and oxygen atoms in total. The number of fused-ring (bicyclic) bond motifs is 1. The van der Waals surface area contributed by atoms with Gasteiger partial charge in [0.05, 0.1) is 38.1 Å². The Balaban J connectivity index is 1.21. The molecule has 0 radical (unpaired) electrons. The molecule has 0 bridgehead atoms. The van der Waals surface area contributed by atoms with Gasteiger partial charge < -0.3 is 84.6 Å². The van der Waals surface area contributed by atoms with Gasteiger partial charge in [-0.1, -0.05) is 13.5 Å². The van der Waals surface area contributed by atoms with Gasteiger partial charge in [0.2, 0.25) is 0 Å². The van der Waals surface area contributed by atoms with Gasteiger partial charge in [0.15, 0.2) is 18.9 Å². The molecule has 2 saturated carbocycles. The van der Waals surface area contributed by atoms with E-state index in [9.17, 15) is 56.2 Å². The van der Waals surface area contributed by atoms with Crippen molar-refractivity contribution in [3.63, 3.8) is 0 Å². The molecular formula is C32H54O17. The molecular weight excluding hydrogens is 656 g/mol. The number of ether oxygens (including phenoxy) is 6. The van der Waals surface area contributed by atoms with E-state index >= 15 is 0 Å². The zero-order valence-corrected chi connectivity index (χ0v) is 28.0. The van der Waals surface area contributed by atoms with Crippen LogP contribution in [-0.4, -0.2) is 180 Å². The van der Waals surface area contributed by atoms with E-state index in [1.807, 2.05) is 20.8 Å². The highest BCUT2D eigenvalue weighted by atomic mass is 16.7. The van der Waals surface area contributed by atoms with E-state index < -0.39 is 129 Å². The van der Waals surface area contributed by atoms with E-state index in [-0.39, 0.29) is 11.8 Å². The van der Waals surface area contributed by atoms with Gasteiger partial charge in [-0.3, -0.25) is 0 Å². The largest absolute Gasteiger partial charge is 0.394 e. The summed E-state index contributed by atoms with van der Waals surface area (Å²) in [7, 11) is 0. The van der Waals surface area contributed by atoms with Crippen LogP contribution in [0.25, 0.3) is 0 Å². The molecule has 3 aliphatic heterocycles. The van der Waals surface area contributed by atoms with Gasteiger partial charge >= 0.3 is 0 Å². The van der Waals surface area contributed by atoms with E-state index in [2.05, 4.69) is 6.58 Å². The lowest BCUT2D eigenvalue weighted by molar-refractivity contribution is -0.332. The summed E-state index contributed by atoms with van der Waals surface area (Å²) < 4.78 is 34.3. The normalized spacial score (nSPS) is 51.1. The lowest BCUT2D eigenvalue weighted by Gasteiger charge is -2.55. The van der Waals surface area contributed by atoms with E-state index in [0.717, 1.165) is 0 Å². The van der Waals surface area contributed by atoms with Crippen LogP contribution in [0.5, 0.6) is 0 Å². The topological polar surface area (TPSA) is 278 Å². The molecule has 0 aromatic heterocycles. The highest BCUT2D eigenvalue weighted by molar-refractivity contribution is 5.20. The zero-order valence-electron chi connectivity index (χ0n) is 28.0. The first-order chi connectivity index (χ1) is 22.9. The maximum Gasteiger partial charge on any atom is 0.187 e. The van der Waals surface area contributed by atoms with Gasteiger partial charge in [0.25, 0.3) is 0 Å². The van der Waals surface area contributed by atoms with E-state index in [1.165, 1.54) is 0 Å². The van der Waals surface area contributed by atoms with Crippen LogP contribution < -0.4 is 0 Å². The third kappa shape index (κ3) is 7.48. The first kappa shape index (κ1) is 39.3. The number of hydrogen-bond donors (Lipinski definition) is 11. The van der Waals surface area contributed by atoms with Crippen LogP contribution in [0.4, 0.5) is 0 Å². The minimum Gasteiger partial charge on any atom is -0.394 e. The SMILES string of the molecule is C=C1[C@@H](O)[C@H](O[C@@H]2O[C@H](CO[C@@H]3OC[C@](O)(CO)[C@H]3O)[C@@H](O)[C@H](O)[C@H]2O)C[C@@]2(C)CC[C@@H](C(C)(C)O[C@@H]3O[C@H](CO)[C@@H](O)[C@H](O)[C@H]3O)C[C@@H]12. The van der Waals surface area contributed by atoms with E-state index in [1.54, 1.807) is 0 Å². The summed E-state index contributed by atoms with van der Waals surface area (Å²) in [6.07, 6.45) is -17.8. The second-order valence-electron chi connectivity index (χ2n) is 15.2. The summed E-state index contributed by atoms with van der Waals surface area (Å²) in [4.78, 5) is 0. The van der Waals surface area contributed by atoms with E-state index in [0.29, 0.717) is 31.3 Å². The quantitative estimate of drug-likeness (QED) is 0.0761. The van der Waals surface area contributed by atoms with Crippen molar-refractivity contribution in [2.45, 2.75) is 144 Å². The van der Waals surface area contributed by atoms with Crippen molar-refractivity contribution in [3.05, 3.63) is 12.2 Å².